The summed E-state index contributed by atoms with van der Waals surface area (Å²) in [6.45, 7) is 6.13. The molecule has 0 aromatic carbocycles. The molecule has 2 aromatic heterocycles. The summed E-state index contributed by atoms with van der Waals surface area (Å²) < 4.78 is 12.2. The summed E-state index contributed by atoms with van der Waals surface area (Å²) in [5.41, 5.74) is 3.85. The molecule has 0 fully saturated rings. The van der Waals surface area contributed by atoms with Crippen LogP contribution in [0.15, 0.2) is 18.3 Å². The zero-order chi connectivity index (χ0) is 16.8. The third kappa shape index (κ3) is 4.09. The Balaban J connectivity index is 2.20. The first kappa shape index (κ1) is 17.4. The Kier molecular flexibility index (Phi) is 6.12. The monoisotopic (exact) mass is 319 g/mol. The Bertz CT molecular complexity index is 658. The van der Waals surface area contributed by atoms with Crippen LogP contribution in [0.4, 0.5) is 0 Å². The molecule has 0 aliphatic heterocycles. The molecule has 1 amide bonds. The van der Waals surface area contributed by atoms with Gasteiger partial charge in [-0.3, -0.25) is 4.79 Å². The number of carbonyl (C=O) groups is 1. The van der Waals surface area contributed by atoms with Gasteiger partial charge in [0, 0.05) is 33.5 Å². The fourth-order valence-corrected chi connectivity index (χ4v) is 2.60. The van der Waals surface area contributed by atoms with Crippen LogP contribution in [0.5, 0.6) is 0 Å². The third-order valence-electron chi connectivity index (χ3n) is 3.95. The quantitative estimate of drug-likeness (QED) is 0.742. The number of amides is 1. The van der Waals surface area contributed by atoms with Gasteiger partial charge >= 0.3 is 0 Å². The van der Waals surface area contributed by atoms with Gasteiger partial charge in [-0.25, -0.2) is 4.98 Å². The van der Waals surface area contributed by atoms with Crippen LogP contribution in [0.2, 0.25) is 0 Å². The average Bonchev–Trinajstić information content (AvgIpc) is 2.85. The summed E-state index contributed by atoms with van der Waals surface area (Å²) in [7, 11) is 3.27. The first-order valence-electron chi connectivity index (χ1n) is 7.77. The number of aryl methyl sites for hydroxylation is 2. The lowest BCUT2D eigenvalue weighted by molar-refractivity contribution is -0.131. The zero-order valence-electron chi connectivity index (χ0n) is 14.3. The standard InChI is InChI=1S/C17H25N3O3/c1-13-6-5-7-20-15(14(2)18-17(13)20)12-16(21)19(8-10-22-3)9-11-23-4/h5-7H,8-12H2,1-4H3. The first-order valence-corrected chi connectivity index (χ1v) is 7.77. The van der Waals surface area contributed by atoms with E-state index in [1.807, 2.05) is 36.6 Å². The smallest absolute Gasteiger partial charge is 0.228 e. The van der Waals surface area contributed by atoms with E-state index < -0.39 is 0 Å². The van der Waals surface area contributed by atoms with E-state index in [9.17, 15) is 4.79 Å². The largest absolute Gasteiger partial charge is 0.383 e. The highest BCUT2D eigenvalue weighted by molar-refractivity contribution is 5.79. The Hall–Kier alpha value is -1.92. The summed E-state index contributed by atoms with van der Waals surface area (Å²) in [5.74, 6) is 0.0607. The van der Waals surface area contributed by atoms with E-state index in [2.05, 4.69) is 4.98 Å². The topological polar surface area (TPSA) is 56.1 Å². The minimum atomic E-state index is 0.0607. The van der Waals surface area contributed by atoms with Crippen LogP contribution in [-0.2, 0) is 20.7 Å². The van der Waals surface area contributed by atoms with Crippen LogP contribution >= 0.6 is 0 Å². The van der Waals surface area contributed by atoms with Crippen molar-refractivity contribution in [2.45, 2.75) is 20.3 Å². The van der Waals surface area contributed by atoms with Gasteiger partial charge in [-0.05, 0) is 25.5 Å². The second kappa shape index (κ2) is 8.08. The van der Waals surface area contributed by atoms with Gasteiger partial charge in [0.15, 0.2) is 0 Å². The Morgan fingerprint density at radius 3 is 2.48 bits per heavy atom. The summed E-state index contributed by atoms with van der Waals surface area (Å²) in [4.78, 5) is 19.0. The van der Waals surface area contributed by atoms with Crippen molar-refractivity contribution in [3.63, 3.8) is 0 Å². The molecule has 0 spiro atoms. The highest BCUT2D eigenvalue weighted by atomic mass is 16.5. The van der Waals surface area contributed by atoms with E-state index in [0.29, 0.717) is 32.7 Å². The van der Waals surface area contributed by atoms with Crippen molar-refractivity contribution in [2.24, 2.45) is 0 Å². The van der Waals surface area contributed by atoms with Gasteiger partial charge in [0.1, 0.15) is 5.65 Å². The zero-order valence-corrected chi connectivity index (χ0v) is 14.3. The molecule has 0 saturated heterocycles. The number of aromatic nitrogens is 2. The molecule has 0 saturated carbocycles. The fourth-order valence-electron chi connectivity index (χ4n) is 2.60. The van der Waals surface area contributed by atoms with Crippen molar-refractivity contribution in [3.8, 4) is 0 Å². The Morgan fingerprint density at radius 1 is 1.22 bits per heavy atom. The molecule has 0 atom stereocenters. The summed E-state index contributed by atoms with van der Waals surface area (Å²) in [6, 6.07) is 4.00. The molecule has 0 N–H and O–H groups in total. The molecule has 0 unspecified atom stereocenters. The summed E-state index contributed by atoms with van der Waals surface area (Å²) in [5, 5.41) is 0. The van der Waals surface area contributed by atoms with Crippen molar-refractivity contribution in [2.75, 3.05) is 40.5 Å². The molecule has 0 bridgehead atoms. The predicted molar refractivity (Wildman–Crippen MR) is 88.7 cm³/mol. The van der Waals surface area contributed by atoms with E-state index >= 15 is 0 Å². The maximum absolute atomic E-state index is 12.7. The molecule has 2 aromatic rings. The number of hydrogen-bond donors (Lipinski definition) is 0. The highest BCUT2D eigenvalue weighted by Gasteiger charge is 2.18. The van der Waals surface area contributed by atoms with Crippen molar-refractivity contribution >= 4 is 11.6 Å². The number of fused-ring (bicyclic) bond motifs is 1. The molecule has 126 valence electrons. The number of methoxy groups -OCH3 is 2. The van der Waals surface area contributed by atoms with Gasteiger partial charge in [-0.15, -0.1) is 0 Å². The van der Waals surface area contributed by atoms with Gasteiger partial charge < -0.3 is 18.8 Å². The van der Waals surface area contributed by atoms with E-state index in [4.69, 9.17) is 9.47 Å². The second-order valence-electron chi connectivity index (χ2n) is 5.57. The van der Waals surface area contributed by atoms with Gasteiger partial charge in [0.05, 0.1) is 31.0 Å². The van der Waals surface area contributed by atoms with Crippen LogP contribution in [0.25, 0.3) is 5.65 Å². The van der Waals surface area contributed by atoms with Gasteiger partial charge in [-0.1, -0.05) is 6.07 Å². The van der Waals surface area contributed by atoms with Crippen LogP contribution in [0.1, 0.15) is 17.0 Å². The molecule has 6 nitrogen and oxygen atoms in total. The number of ether oxygens (including phenoxy) is 2. The number of nitrogens with zero attached hydrogens (tertiary/aromatic N) is 3. The number of rotatable bonds is 8. The molecule has 0 radical (unpaired) electrons. The van der Waals surface area contributed by atoms with Crippen molar-refractivity contribution in [1.82, 2.24) is 14.3 Å². The van der Waals surface area contributed by atoms with Crippen molar-refractivity contribution in [3.05, 3.63) is 35.3 Å². The number of carbonyl (C=O) groups excluding carboxylic acids is 1. The maximum Gasteiger partial charge on any atom is 0.228 e. The molecule has 2 rings (SSSR count). The summed E-state index contributed by atoms with van der Waals surface area (Å²) in [6.07, 6.45) is 2.28. The normalized spacial score (nSPS) is 11.1. The SMILES string of the molecule is COCCN(CCOC)C(=O)Cc1c(C)nc2c(C)cccn12. The lowest BCUT2D eigenvalue weighted by Crippen LogP contribution is -2.37. The van der Waals surface area contributed by atoms with Gasteiger partial charge in [0.25, 0.3) is 0 Å². The maximum atomic E-state index is 12.7. The number of imidazole rings is 1. The average molecular weight is 319 g/mol. The summed E-state index contributed by atoms with van der Waals surface area (Å²) >= 11 is 0. The van der Waals surface area contributed by atoms with Crippen LogP contribution in [0.3, 0.4) is 0 Å². The lowest BCUT2D eigenvalue weighted by atomic mass is 10.2. The molecule has 0 aliphatic rings. The Labute approximate surface area is 137 Å². The molecular weight excluding hydrogens is 294 g/mol. The van der Waals surface area contributed by atoms with Crippen LogP contribution < -0.4 is 0 Å². The third-order valence-corrected chi connectivity index (χ3v) is 3.95. The van der Waals surface area contributed by atoms with Crippen molar-refractivity contribution in [1.29, 1.82) is 0 Å². The molecule has 23 heavy (non-hydrogen) atoms. The molecule has 2 heterocycles. The molecule has 6 heteroatoms. The van der Waals surface area contributed by atoms with E-state index in [1.54, 1.807) is 19.1 Å². The molecular formula is C17H25N3O3. The van der Waals surface area contributed by atoms with Crippen molar-refractivity contribution < 1.29 is 14.3 Å². The lowest BCUT2D eigenvalue weighted by Gasteiger charge is -2.22. The van der Waals surface area contributed by atoms with Gasteiger partial charge in [0.2, 0.25) is 5.91 Å². The van der Waals surface area contributed by atoms with E-state index in [0.717, 1.165) is 22.6 Å². The predicted octanol–water partition coefficient (Wildman–Crippen LogP) is 1.62. The van der Waals surface area contributed by atoms with E-state index in [-0.39, 0.29) is 5.91 Å². The first-order chi connectivity index (χ1) is 11.1. The second-order valence-corrected chi connectivity index (χ2v) is 5.57. The minimum Gasteiger partial charge on any atom is -0.383 e. The molecule has 0 aliphatic carbocycles. The van der Waals surface area contributed by atoms with Crippen LogP contribution in [0, 0.1) is 13.8 Å². The fraction of sp³-hybridized carbons (Fsp3) is 0.529. The minimum absolute atomic E-state index is 0.0607. The van der Waals surface area contributed by atoms with E-state index in [1.165, 1.54) is 0 Å². The number of hydrogen-bond acceptors (Lipinski definition) is 4. The number of pyridine rings is 1. The van der Waals surface area contributed by atoms with Crippen LogP contribution in [-0.4, -0.2) is 60.7 Å². The van der Waals surface area contributed by atoms with Gasteiger partial charge in [-0.2, -0.15) is 0 Å². The Morgan fingerprint density at radius 2 is 1.87 bits per heavy atom. The highest BCUT2D eigenvalue weighted by Crippen LogP contribution is 2.16.